The van der Waals surface area contributed by atoms with Crippen molar-refractivity contribution in [1.29, 1.82) is 0 Å². The van der Waals surface area contributed by atoms with Crippen molar-refractivity contribution in [1.82, 2.24) is 0 Å². The number of fused-ring (bicyclic) bond motifs is 5. The van der Waals surface area contributed by atoms with Crippen molar-refractivity contribution < 1.29 is 10.2 Å². The maximum absolute atomic E-state index is 10.8. The summed E-state index contributed by atoms with van der Waals surface area (Å²) in [4.78, 5) is 0. The Morgan fingerprint density at radius 2 is 2.05 bits per heavy atom. The van der Waals surface area contributed by atoms with Gasteiger partial charge in [-0.1, -0.05) is 37.6 Å². The molecule has 4 aliphatic carbocycles. The Morgan fingerprint density at radius 3 is 2.82 bits per heavy atom. The molecule has 120 valence electrons. The number of hydrogen-bond acceptors (Lipinski definition) is 3. The highest BCUT2D eigenvalue weighted by Crippen LogP contribution is 2.63. The number of hydrogen-bond donors (Lipinski definition) is 3. The summed E-state index contributed by atoms with van der Waals surface area (Å²) in [6.07, 6.45) is 11.9. The minimum Gasteiger partial charge on any atom is -0.512 e. The normalized spacial score (nSPS) is 53.2. The molecule has 4 N–H and O–H groups in total. The predicted octanol–water partition coefficient (Wildman–Crippen LogP) is 3.08. The van der Waals surface area contributed by atoms with Crippen LogP contribution in [0.25, 0.3) is 0 Å². The highest BCUT2D eigenvalue weighted by atomic mass is 16.3. The minimum atomic E-state index is -0.407. The van der Waals surface area contributed by atoms with E-state index in [1.54, 1.807) is 0 Å². The summed E-state index contributed by atoms with van der Waals surface area (Å²) in [6.45, 7) is 4.49. The van der Waals surface area contributed by atoms with Gasteiger partial charge in [0.1, 0.15) is 0 Å². The molecular formula is C19H27NO2. The lowest BCUT2D eigenvalue weighted by Crippen LogP contribution is -2.53. The Kier molecular flexibility index (Phi) is 2.96. The first-order valence-corrected chi connectivity index (χ1v) is 8.60. The first-order chi connectivity index (χ1) is 10.4. The Balaban J connectivity index is 1.77. The summed E-state index contributed by atoms with van der Waals surface area (Å²) in [6, 6.07) is 0.0779. The van der Waals surface area contributed by atoms with Crippen molar-refractivity contribution in [2.24, 2.45) is 34.3 Å². The van der Waals surface area contributed by atoms with E-state index in [2.05, 4.69) is 32.1 Å². The molecule has 0 heterocycles. The molecule has 4 aliphatic rings. The molecule has 4 rings (SSSR count). The molecule has 0 amide bonds. The lowest BCUT2D eigenvalue weighted by atomic mass is 9.48. The average Bonchev–Trinajstić information content (AvgIpc) is 2.77. The van der Waals surface area contributed by atoms with Crippen LogP contribution < -0.4 is 5.73 Å². The molecule has 0 aromatic rings. The topological polar surface area (TPSA) is 66.5 Å². The smallest absolute Gasteiger partial charge is 0.0944 e. The minimum absolute atomic E-state index is 0.0271. The largest absolute Gasteiger partial charge is 0.512 e. The van der Waals surface area contributed by atoms with Gasteiger partial charge in [0.2, 0.25) is 0 Å². The Bertz CT molecular complexity index is 592. The second-order valence-electron chi connectivity index (χ2n) is 8.26. The van der Waals surface area contributed by atoms with Crippen LogP contribution in [-0.2, 0) is 0 Å². The first kappa shape index (κ1) is 14.5. The van der Waals surface area contributed by atoms with Crippen LogP contribution in [0.3, 0.4) is 0 Å². The fourth-order valence-corrected chi connectivity index (χ4v) is 5.82. The third-order valence-electron chi connectivity index (χ3n) is 7.25. The van der Waals surface area contributed by atoms with Crippen molar-refractivity contribution in [2.75, 3.05) is 0 Å². The van der Waals surface area contributed by atoms with Gasteiger partial charge in [0.15, 0.2) is 0 Å². The zero-order chi connectivity index (χ0) is 15.7. The number of rotatable bonds is 0. The molecule has 2 unspecified atom stereocenters. The van der Waals surface area contributed by atoms with E-state index in [9.17, 15) is 10.2 Å². The maximum Gasteiger partial charge on any atom is 0.0944 e. The van der Waals surface area contributed by atoms with Gasteiger partial charge in [-0.2, -0.15) is 0 Å². The quantitative estimate of drug-likeness (QED) is 0.602. The number of allylic oxidation sites excluding steroid dienone is 3. The molecule has 3 nitrogen and oxygen atoms in total. The summed E-state index contributed by atoms with van der Waals surface area (Å²) in [5.41, 5.74) is 7.29. The summed E-state index contributed by atoms with van der Waals surface area (Å²) in [7, 11) is 0. The first-order valence-electron chi connectivity index (χ1n) is 8.60. The van der Waals surface area contributed by atoms with Crippen molar-refractivity contribution in [3.63, 3.8) is 0 Å². The van der Waals surface area contributed by atoms with E-state index in [0.29, 0.717) is 17.6 Å². The number of aliphatic hydroxyl groups is 2. The monoisotopic (exact) mass is 301 g/mol. The fraction of sp³-hybridized carbons (Fsp3) is 0.684. The van der Waals surface area contributed by atoms with Crippen LogP contribution in [0.5, 0.6) is 0 Å². The molecule has 3 heteroatoms. The van der Waals surface area contributed by atoms with Crippen molar-refractivity contribution in [3.05, 3.63) is 35.6 Å². The summed E-state index contributed by atoms with van der Waals surface area (Å²) >= 11 is 0. The second-order valence-corrected chi connectivity index (χ2v) is 8.26. The second kappa shape index (κ2) is 4.48. The van der Waals surface area contributed by atoms with E-state index in [1.165, 1.54) is 5.57 Å². The van der Waals surface area contributed by atoms with E-state index in [0.717, 1.165) is 25.7 Å². The molecule has 22 heavy (non-hydrogen) atoms. The Labute approximate surface area is 132 Å². The highest BCUT2D eigenvalue weighted by molar-refractivity contribution is 5.36. The molecule has 1 saturated carbocycles. The van der Waals surface area contributed by atoms with Gasteiger partial charge < -0.3 is 15.9 Å². The molecule has 0 aromatic carbocycles. The molecular weight excluding hydrogens is 274 g/mol. The van der Waals surface area contributed by atoms with Crippen LogP contribution in [0, 0.1) is 28.6 Å². The van der Waals surface area contributed by atoms with Gasteiger partial charge in [0, 0.05) is 16.9 Å². The molecule has 0 spiro atoms. The Hall–Kier alpha value is -1.06. The van der Waals surface area contributed by atoms with Crippen LogP contribution in [-0.4, -0.2) is 22.4 Å². The fourth-order valence-electron chi connectivity index (χ4n) is 5.82. The zero-order valence-corrected chi connectivity index (χ0v) is 13.5. The molecule has 0 saturated heterocycles. The van der Waals surface area contributed by atoms with E-state index < -0.39 is 6.10 Å². The van der Waals surface area contributed by atoms with Crippen LogP contribution in [0.2, 0.25) is 0 Å². The summed E-state index contributed by atoms with van der Waals surface area (Å²) in [5.74, 6) is 1.57. The zero-order valence-electron chi connectivity index (χ0n) is 13.5. The van der Waals surface area contributed by atoms with E-state index in [1.807, 2.05) is 6.08 Å². The number of aliphatic hydroxyl groups excluding tert-OH is 2. The molecule has 0 aromatic heterocycles. The Morgan fingerprint density at radius 1 is 1.27 bits per heavy atom. The maximum atomic E-state index is 10.8. The predicted molar refractivity (Wildman–Crippen MR) is 87.1 cm³/mol. The van der Waals surface area contributed by atoms with Crippen molar-refractivity contribution >= 4 is 0 Å². The standard InChI is InChI=1S/C19H27NO2/c1-18-7-5-12(20)9-11(18)10-15(21)17-13-3-4-16(22)19(13,2)8-6-14(17)18/h4-5,7,10,12-15,17,21-22H,3,6,8-9,20H2,1-2H3/t12?,13-,14+,15?,17-,18-,19-/m0/s1. The summed E-state index contributed by atoms with van der Waals surface area (Å²) < 4.78 is 0. The van der Waals surface area contributed by atoms with E-state index in [-0.39, 0.29) is 22.8 Å². The van der Waals surface area contributed by atoms with Gasteiger partial charge in [-0.05, 0) is 49.5 Å². The lowest BCUT2D eigenvalue weighted by Gasteiger charge is -2.57. The van der Waals surface area contributed by atoms with E-state index in [4.69, 9.17) is 5.73 Å². The lowest BCUT2D eigenvalue weighted by molar-refractivity contribution is -0.0628. The SMILES string of the molecule is C[C@]12C=CC(N)CC1=CC(O)[C@@H]1[C@H]2CC[C@]2(C)C(O)=CC[C@@H]12. The van der Waals surface area contributed by atoms with Gasteiger partial charge in [0.05, 0.1) is 11.9 Å². The van der Waals surface area contributed by atoms with Crippen molar-refractivity contribution in [3.8, 4) is 0 Å². The van der Waals surface area contributed by atoms with Crippen LogP contribution >= 0.6 is 0 Å². The van der Waals surface area contributed by atoms with Crippen LogP contribution in [0.4, 0.5) is 0 Å². The average molecular weight is 301 g/mol. The number of nitrogens with two attached hydrogens (primary N) is 1. The summed E-state index contributed by atoms with van der Waals surface area (Å²) in [5, 5.41) is 21.2. The van der Waals surface area contributed by atoms with Gasteiger partial charge in [-0.3, -0.25) is 0 Å². The highest BCUT2D eigenvalue weighted by Gasteiger charge is 2.58. The molecule has 7 atom stereocenters. The van der Waals surface area contributed by atoms with Crippen LogP contribution in [0.15, 0.2) is 35.6 Å². The molecule has 0 radical (unpaired) electrons. The van der Waals surface area contributed by atoms with E-state index >= 15 is 0 Å². The van der Waals surface area contributed by atoms with Gasteiger partial charge in [-0.25, -0.2) is 0 Å². The third kappa shape index (κ3) is 1.70. The molecule has 0 aliphatic heterocycles. The molecule has 0 bridgehead atoms. The van der Waals surface area contributed by atoms with Crippen LogP contribution in [0.1, 0.15) is 39.5 Å². The van der Waals surface area contributed by atoms with Gasteiger partial charge in [-0.15, -0.1) is 0 Å². The van der Waals surface area contributed by atoms with Crippen molar-refractivity contribution in [2.45, 2.75) is 51.7 Å². The third-order valence-corrected chi connectivity index (χ3v) is 7.25. The molecule has 1 fully saturated rings. The van der Waals surface area contributed by atoms with Gasteiger partial charge in [0.25, 0.3) is 0 Å². The van der Waals surface area contributed by atoms with Gasteiger partial charge >= 0.3 is 0 Å².